The number of nitrogens with one attached hydrogen (secondary N) is 1. The third kappa shape index (κ3) is 5.71. The highest BCUT2D eigenvalue weighted by Gasteiger charge is 2.28. The van der Waals surface area contributed by atoms with Gasteiger partial charge in [-0.1, -0.05) is 12.1 Å². The van der Waals surface area contributed by atoms with Crippen LogP contribution in [-0.2, 0) is 9.47 Å². The van der Waals surface area contributed by atoms with E-state index in [1.54, 1.807) is 24.3 Å². The zero-order valence-corrected chi connectivity index (χ0v) is 22.4. The number of imidazole rings is 1. The van der Waals surface area contributed by atoms with Gasteiger partial charge in [0.2, 0.25) is 5.95 Å². The lowest BCUT2D eigenvalue weighted by Crippen LogP contribution is -2.45. The van der Waals surface area contributed by atoms with Crippen molar-refractivity contribution in [2.24, 2.45) is 5.92 Å². The number of morpholine rings is 2. The summed E-state index contributed by atoms with van der Waals surface area (Å²) in [6, 6.07) is 9.72. The second-order valence-electron chi connectivity index (χ2n) is 10.8. The standard InChI is InChI=1S/C28H37F2N7O2/c1-19-18-39-15-12-36(19)24-16-25(37-23-5-3-2-4-22(23)32-27(37)26(29)30)34-28(33-24)31-17-20-6-8-21(9-7-20)35-10-13-38-14-11-35/h2-5,16,19-21,26H,6-15,17-18H2,1H3,(H,31,33,34)/t19-,20-,21-/m0/s1. The minimum Gasteiger partial charge on any atom is -0.379 e. The second kappa shape index (κ2) is 11.7. The van der Waals surface area contributed by atoms with E-state index in [0.29, 0.717) is 60.3 Å². The van der Waals surface area contributed by atoms with Crippen LogP contribution in [0.4, 0.5) is 20.5 Å². The zero-order valence-electron chi connectivity index (χ0n) is 22.4. The van der Waals surface area contributed by atoms with Crippen LogP contribution < -0.4 is 10.2 Å². The van der Waals surface area contributed by atoms with E-state index >= 15 is 0 Å². The maximum atomic E-state index is 14.1. The largest absolute Gasteiger partial charge is 0.379 e. The molecule has 3 fully saturated rings. The normalized spacial score (nSPS) is 24.9. The van der Waals surface area contributed by atoms with Crippen LogP contribution in [0, 0.1) is 5.92 Å². The van der Waals surface area contributed by atoms with Gasteiger partial charge in [-0.2, -0.15) is 9.97 Å². The number of para-hydroxylation sites is 2. The van der Waals surface area contributed by atoms with Gasteiger partial charge in [0.25, 0.3) is 6.43 Å². The lowest BCUT2D eigenvalue weighted by molar-refractivity contribution is 0.00539. The van der Waals surface area contributed by atoms with Crippen molar-refractivity contribution in [2.45, 2.75) is 51.1 Å². The Morgan fingerprint density at radius 3 is 2.46 bits per heavy atom. The Bertz CT molecular complexity index is 1260. The molecule has 0 bridgehead atoms. The first-order chi connectivity index (χ1) is 19.1. The summed E-state index contributed by atoms with van der Waals surface area (Å²) in [5.41, 5.74) is 1.11. The second-order valence-corrected chi connectivity index (χ2v) is 10.8. The Hall–Kier alpha value is -2.89. The third-order valence-corrected chi connectivity index (χ3v) is 8.30. The fraction of sp³-hybridized carbons (Fsp3) is 0.607. The summed E-state index contributed by atoms with van der Waals surface area (Å²) in [6.45, 7) is 8.41. The molecule has 3 aromatic rings. The predicted octanol–water partition coefficient (Wildman–Crippen LogP) is 4.28. The molecule has 0 amide bonds. The fourth-order valence-electron chi connectivity index (χ4n) is 6.15. The first-order valence-electron chi connectivity index (χ1n) is 14.1. The van der Waals surface area contributed by atoms with Gasteiger partial charge < -0.3 is 19.7 Å². The summed E-state index contributed by atoms with van der Waals surface area (Å²) in [6.07, 6.45) is 1.91. The highest BCUT2D eigenvalue weighted by molar-refractivity contribution is 5.78. The van der Waals surface area contributed by atoms with Gasteiger partial charge in [-0.3, -0.25) is 9.47 Å². The summed E-state index contributed by atoms with van der Waals surface area (Å²) in [4.78, 5) is 18.6. The van der Waals surface area contributed by atoms with Crippen LogP contribution >= 0.6 is 0 Å². The molecule has 1 saturated carbocycles. The monoisotopic (exact) mass is 541 g/mol. The number of aromatic nitrogens is 4. The molecule has 6 rings (SSSR count). The van der Waals surface area contributed by atoms with Crippen molar-refractivity contribution in [3.05, 3.63) is 36.2 Å². The van der Waals surface area contributed by atoms with E-state index in [9.17, 15) is 8.78 Å². The van der Waals surface area contributed by atoms with Gasteiger partial charge in [-0.05, 0) is 50.7 Å². The van der Waals surface area contributed by atoms with E-state index in [4.69, 9.17) is 19.4 Å². The number of halogens is 2. The molecule has 2 aliphatic heterocycles. The number of benzene rings is 1. The number of rotatable bonds is 7. The topological polar surface area (TPSA) is 80.6 Å². The Morgan fingerprint density at radius 1 is 0.949 bits per heavy atom. The van der Waals surface area contributed by atoms with Gasteiger partial charge in [0.15, 0.2) is 5.82 Å². The number of hydrogen-bond donors (Lipinski definition) is 1. The third-order valence-electron chi connectivity index (χ3n) is 8.30. The van der Waals surface area contributed by atoms with Crippen molar-refractivity contribution >= 4 is 22.8 Å². The summed E-state index contributed by atoms with van der Waals surface area (Å²) in [7, 11) is 0. The number of alkyl halides is 2. The Kier molecular flexibility index (Phi) is 7.90. The van der Waals surface area contributed by atoms with Gasteiger partial charge in [-0.15, -0.1) is 0 Å². The lowest BCUT2D eigenvalue weighted by Gasteiger charge is -2.38. The first kappa shape index (κ1) is 26.3. The van der Waals surface area contributed by atoms with Crippen LogP contribution in [0.3, 0.4) is 0 Å². The van der Waals surface area contributed by atoms with Crippen molar-refractivity contribution < 1.29 is 18.3 Å². The molecular formula is C28H37F2N7O2. The van der Waals surface area contributed by atoms with Crippen LogP contribution in [0.1, 0.15) is 44.9 Å². The van der Waals surface area contributed by atoms with E-state index in [1.165, 1.54) is 17.4 Å². The molecule has 1 N–H and O–H groups in total. The minimum absolute atomic E-state index is 0.110. The minimum atomic E-state index is -2.74. The summed E-state index contributed by atoms with van der Waals surface area (Å²) < 4.78 is 40.9. The van der Waals surface area contributed by atoms with Crippen LogP contribution in [0.2, 0.25) is 0 Å². The van der Waals surface area contributed by atoms with Crippen molar-refractivity contribution in [2.75, 3.05) is 62.8 Å². The number of fused-ring (bicyclic) bond motifs is 1. The average Bonchev–Trinajstić information content (AvgIpc) is 3.37. The summed E-state index contributed by atoms with van der Waals surface area (Å²) >= 11 is 0. The van der Waals surface area contributed by atoms with Crippen LogP contribution in [0.5, 0.6) is 0 Å². The SMILES string of the molecule is C[C@H]1COCCN1c1cc(-n2c(C(F)F)nc3ccccc32)nc(NC[C@H]2CC[C@H](N3CCOCC3)CC2)n1. The number of hydrogen-bond acceptors (Lipinski definition) is 8. The molecule has 210 valence electrons. The van der Waals surface area contributed by atoms with Gasteiger partial charge in [0.05, 0.1) is 43.5 Å². The highest BCUT2D eigenvalue weighted by Crippen LogP contribution is 2.31. The number of nitrogens with zero attached hydrogens (tertiary/aromatic N) is 6. The number of anilines is 2. The summed E-state index contributed by atoms with van der Waals surface area (Å²) in [5.74, 6) is 1.75. The molecule has 39 heavy (non-hydrogen) atoms. The predicted molar refractivity (Wildman–Crippen MR) is 146 cm³/mol. The van der Waals surface area contributed by atoms with Gasteiger partial charge in [-0.25, -0.2) is 13.8 Å². The average molecular weight is 542 g/mol. The highest BCUT2D eigenvalue weighted by atomic mass is 19.3. The van der Waals surface area contributed by atoms with Gasteiger partial charge in [0.1, 0.15) is 11.6 Å². The van der Waals surface area contributed by atoms with Crippen LogP contribution in [-0.4, -0.2) is 89.1 Å². The molecule has 0 radical (unpaired) electrons. The molecule has 0 spiro atoms. The molecule has 2 aromatic heterocycles. The van der Waals surface area contributed by atoms with Crippen molar-refractivity contribution in [1.82, 2.24) is 24.4 Å². The molecule has 1 aromatic carbocycles. The molecule has 1 atom stereocenters. The molecule has 4 heterocycles. The molecule has 11 heteroatoms. The Balaban J connectivity index is 1.26. The summed E-state index contributed by atoms with van der Waals surface area (Å²) in [5, 5.41) is 3.47. The van der Waals surface area contributed by atoms with Crippen LogP contribution in [0.25, 0.3) is 16.9 Å². The number of ether oxygens (including phenoxy) is 2. The van der Waals surface area contributed by atoms with E-state index in [0.717, 1.165) is 45.7 Å². The van der Waals surface area contributed by atoms with E-state index in [1.807, 2.05) is 6.07 Å². The molecule has 9 nitrogen and oxygen atoms in total. The lowest BCUT2D eigenvalue weighted by atomic mass is 9.85. The van der Waals surface area contributed by atoms with Crippen LogP contribution in [0.15, 0.2) is 30.3 Å². The van der Waals surface area contributed by atoms with E-state index in [2.05, 4.69) is 27.0 Å². The Morgan fingerprint density at radius 2 is 1.69 bits per heavy atom. The fourth-order valence-corrected chi connectivity index (χ4v) is 6.15. The van der Waals surface area contributed by atoms with Crippen molar-refractivity contribution in [1.29, 1.82) is 0 Å². The molecule has 0 unspecified atom stereocenters. The quantitative estimate of drug-likeness (QED) is 0.475. The molecule has 2 saturated heterocycles. The molecular weight excluding hydrogens is 504 g/mol. The van der Waals surface area contributed by atoms with Crippen molar-refractivity contribution in [3.8, 4) is 5.82 Å². The van der Waals surface area contributed by atoms with E-state index in [-0.39, 0.29) is 11.9 Å². The maximum absolute atomic E-state index is 14.1. The Labute approximate surface area is 227 Å². The van der Waals surface area contributed by atoms with Gasteiger partial charge in [0, 0.05) is 38.3 Å². The molecule has 3 aliphatic rings. The molecule has 1 aliphatic carbocycles. The van der Waals surface area contributed by atoms with Gasteiger partial charge >= 0.3 is 0 Å². The first-order valence-corrected chi connectivity index (χ1v) is 14.1. The smallest absolute Gasteiger partial charge is 0.296 e. The zero-order chi connectivity index (χ0) is 26.8. The maximum Gasteiger partial charge on any atom is 0.296 e. The van der Waals surface area contributed by atoms with Crippen molar-refractivity contribution in [3.63, 3.8) is 0 Å². The van der Waals surface area contributed by atoms with E-state index < -0.39 is 6.43 Å².